The van der Waals surface area contributed by atoms with Crippen LogP contribution in [0.5, 0.6) is 0 Å². The maximum atomic E-state index is 6.37. The molecule has 0 amide bonds. The van der Waals surface area contributed by atoms with Gasteiger partial charge in [0.2, 0.25) is 0 Å². The van der Waals surface area contributed by atoms with Crippen molar-refractivity contribution < 1.29 is 9.31 Å². The number of hydrogen-bond acceptors (Lipinski definition) is 3. The SMILES string of the molecule is CC1(C)[C@@H]2C[C@H]3OB([C@@H](N)CCCCBr)O[C@@]3(C)[C@H]1C2.Cl. The lowest BCUT2D eigenvalue weighted by atomic mass is 9.43. The number of rotatable bonds is 5. The van der Waals surface area contributed by atoms with Crippen molar-refractivity contribution in [2.24, 2.45) is 23.0 Å². The van der Waals surface area contributed by atoms with Gasteiger partial charge in [0.25, 0.3) is 0 Å². The standard InChI is InChI=1S/C15H27BBrNO2.ClH/c1-14(2)10-8-11(14)15(3)12(9-10)19-16(20-15)13(18)6-4-5-7-17;/h10-13H,4-9,18H2,1-3H3;1H/t10-,11-,12+,13-,15-;/m0./s1. The molecule has 5 atom stereocenters. The number of halogens is 2. The Morgan fingerprint density at radius 1 is 1.29 bits per heavy atom. The monoisotopic (exact) mass is 379 g/mol. The predicted molar refractivity (Wildman–Crippen MR) is 93.0 cm³/mol. The van der Waals surface area contributed by atoms with Gasteiger partial charge in [0, 0.05) is 11.3 Å². The van der Waals surface area contributed by atoms with E-state index >= 15 is 0 Å². The smallest absolute Gasteiger partial charge is 0.404 e. The van der Waals surface area contributed by atoms with Gasteiger partial charge in [-0.05, 0) is 49.9 Å². The van der Waals surface area contributed by atoms with Gasteiger partial charge in [-0.15, -0.1) is 12.4 Å². The van der Waals surface area contributed by atoms with Crippen LogP contribution in [0.4, 0.5) is 0 Å². The highest BCUT2D eigenvalue weighted by molar-refractivity contribution is 9.09. The molecule has 122 valence electrons. The molecule has 21 heavy (non-hydrogen) atoms. The van der Waals surface area contributed by atoms with E-state index in [1.807, 2.05) is 0 Å². The first-order valence-corrected chi connectivity index (χ1v) is 9.16. The van der Waals surface area contributed by atoms with Crippen molar-refractivity contribution in [3.63, 3.8) is 0 Å². The molecule has 0 radical (unpaired) electrons. The van der Waals surface area contributed by atoms with Gasteiger partial charge in [0.1, 0.15) is 0 Å². The summed E-state index contributed by atoms with van der Waals surface area (Å²) in [5.74, 6) is 1.44. The second-order valence-electron chi connectivity index (χ2n) is 7.69. The molecule has 0 unspecified atom stereocenters. The average Bonchev–Trinajstić information content (AvgIpc) is 2.75. The van der Waals surface area contributed by atoms with Gasteiger partial charge in [-0.2, -0.15) is 0 Å². The Labute approximate surface area is 143 Å². The summed E-state index contributed by atoms with van der Waals surface area (Å²) in [4.78, 5) is 0. The number of hydrogen-bond donors (Lipinski definition) is 1. The van der Waals surface area contributed by atoms with E-state index in [2.05, 4.69) is 36.7 Å². The molecule has 3 nitrogen and oxygen atoms in total. The molecular formula is C15H28BBrClNO2. The van der Waals surface area contributed by atoms with Gasteiger partial charge in [-0.1, -0.05) is 36.2 Å². The lowest BCUT2D eigenvalue weighted by Gasteiger charge is -2.64. The van der Waals surface area contributed by atoms with E-state index in [1.165, 1.54) is 12.8 Å². The van der Waals surface area contributed by atoms with Crippen molar-refractivity contribution >= 4 is 35.5 Å². The molecule has 1 saturated heterocycles. The molecule has 6 heteroatoms. The summed E-state index contributed by atoms with van der Waals surface area (Å²) in [6.07, 6.45) is 5.98. The minimum Gasteiger partial charge on any atom is -0.404 e. The minimum absolute atomic E-state index is 0. The Morgan fingerprint density at radius 3 is 2.62 bits per heavy atom. The van der Waals surface area contributed by atoms with Crippen LogP contribution in [-0.2, 0) is 9.31 Å². The Balaban J connectivity index is 0.00000161. The highest BCUT2D eigenvalue weighted by Crippen LogP contribution is 2.65. The van der Waals surface area contributed by atoms with Crippen LogP contribution in [0.3, 0.4) is 0 Å². The molecule has 0 aromatic rings. The number of unbranched alkanes of at least 4 members (excludes halogenated alkanes) is 1. The third-order valence-corrected chi connectivity index (χ3v) is 6.80. The van der Waals surface area contributed by atoms with Crippen LogP contribution in [0.1, 0.15) is 52.9 Å². The Kier molecular flexibility index (Phi) is 5.43. The first-order valence-electron chi connectivity index (χ1n) is 8.04. The second-order valence-corrected chi connectivity index (χ2v) is 8.48. The highest BCUT2D eigenvalue weighted by Gasteiger charge is 2.68. The molecule has 0 aromatic heterocycles. The lowest BCUT2D eigenvalue weighted by molar-refractivity contribution is -0.199. The van der Waals surface area contributed by atoms with Crippen LogP contribution in [0.25, 0.3) is 0 Å². The molecule has 2 bridgehead atoms. The van der Waals surface area contributed by atoms with Crippen molar-refractivity contribution in [2.75, 3.05) is 5.33 Å². The number of nitrogens with two attached hydrogens (primary N) is 1. The second kappa shape index (κ2) is 6.31. The van der Waals surface area contributed by atoms with E-state index in [9.17, 15) is 0 Å². The van der Waals surface area contributed by atoms with Crippen LogP contribution in [-0.4, -0.2) is 30.1 Å². The zero-order valence-electron chi connectivity index (χ0n) is 13.3. The summed E-state index contributed by atoms with van der Waals surface area (Å²) in [7, 11) is -0.199. The van der Waals surface area contributed by atoms with E-state index in [4.69, 9.17) is 15.0 Å². The Hall–Kier alpha value is 0.715. The van der Waals surface area contributed by atoms with E-state index in [0.717, 1.165) is 30.5 Å². The molecule has 0 spiro atoms. The van der Waals surface area contributed by atoms with E-state index < -0.39 is 0 Å². The summed E-state index contributed by atoms with van der Waals surface area (Å²) in [5.41, 5.74) is 6.59. The molecule has 1 heterocycles. The first-order chi connectivity index (χ1) is 9.39. The molecule has 2 N–H and O–H groups in total. The zero-order valence-corrected chi connectivity index (χ0v) is 15.7. The molecular weight excluding hydrogens is 352 g/mol. The van der Waals surface area contributed by atoms with Crippen LogP contribution < -0.4 is 5.73 Å². The third kappa shape index (κ3) is 2.82. The summed E-state index contributed by atoms with van der Waals surface area (Å²) < 4.78 is 12.6. The molecule has 3 saturated carbocycles. The third-order valence-electron chi connectivity index (χ3n) is 6.24. The van der Waals surface area contributed by atoms with Crippen LogP contribution in [0.15, 0.2) is 0 Å². The summed E-state index contributed by atoms with van der Waals surface area (Å²) >= 11 is 3.46. The molecule has 4 fully saturated rings. The van der Waals surface area contributed by atoms with Crippen LogP contribution >= 0.6 is 28.3 Å². The van der Waals surface area contributed by atoms with Crippen molar-refractivity contribution in [1.82, 2.24) is 0 Å². The fourth-order valence-electron chi connectivity index (χ4n) is 4.69. The van der Waals surface area contributed by atoms with Gasteiger partial charge < -0.3 is 15.0 Å². The van der Waals surface area contributed by atoms with Crippen molar-refractivity contribution in [3.8, 4) is 0 Å². The normalized spacial score (nSPS) is 41.0. The predicted octanol–water partition coefficient (Wildman–Crippen LogP) is 3.57. The van der Waals surface area contributed by atoms with Gasteiger partial charge in [0.15, 0.2) is 0 Å². The van der Waals surface area contributed by atoms with Crippen molar-refractivity contribution in [3.05, 3.63) is 0 Å². The quantitative estimate of drug-likeness (QED) is 0.450. The summed E-state index contributed by atoms with van der Waals surface area (Å²) in [5, 5.41) is 1.05. The number of alkyl halides is 1. The first kappa shape index (κ1) is 18.1. The maximum Gasteiger partial charge on any atom is 0.475 e. The van der Waals surface area contributed by atoms with E-state index in [1.54, 1.807) is 0 Å². The highest BCUT2D eigenvalue weighted by atomic mass is 79.9. The fourth-order valence-corrected chi connectivity index (χ4v) is 5.09. The Bertz CT molecular complexity index is 387. The van der Waals surface area contributed by atoms with Crippen LogP contribution in [0.2, 0.25) is 0 Å². The fraction of sp³-hybridized carbons (Fsp3) is 1.00. The molecule has 3 aliphatic carbocycles. The summed E-state index contributed by atoms with van der Waals surface area (Å²) in [6.45, 7) is 7.03. The molecule has 0 aromatic carbocycles. The maximum absolute atomic E-state index is 6.37. The largest absolute Gasteiger partial charge is 0.475 e. The summed E-state index contributed by atoms with van der Waals surface area (Å²) in [6, 6.07) is 0. The van der Waals surface area contributed by atoms with Gasteiger partial charge in [0.05, 0.1) is 11.7 Å². The minimum atomic E-state index is -0.199. The molecule has 1 aliphatic heterocycles. The van der Waals surface area contributed by atoms with Crippen molar-refractivity contribution in [2.45, 2.75) is 70.5 Å². The Morgan fingerprint density at radius 2 is 2.00 bits per heavy atom. The van der Waals surface area contributed by atoms with Crippen LogP contribution in [0, 0.1) is 17.3 Å². The van der Waals surface area contributed by atoms with E-state index in [0.29, 0.717) is 11.3 Å². The van der Waals surface area contributed by atoms with Gasteiger partial charge in [-0.3, -0.25) is 0 Å². The van der Waals surface area contributed by atoms with E-state index in [-0.39, 0.29) is 37.2 Å². The topological polar surface area (TPSA) is 44.5 Å². The van der Waals surface area contributed by atoms with Gasteiger partial charge >= 0.3 is 7.12 Å². The zero-order chi connectivity index (χ0) is 14.5. The lowest BCUT2D eigenvalue weighted by Crippen LogP contribution is -2.65. The van der Waals surface area contributed by atoms with Gasteiger partial charge in [-0.25, -0.2) is 0 Å². The molecule has 4 aliphatic rings. The molecule has 4 rings (SSSR count). The van der Waals surface area contributed by atoms with Crippen molar-refractivity contribution in [1.29, 1.82) is 0 Å². The average molecular weight is 381 g/mol.